The van der Waals surface area contributed by atoms with Gasteiger partial charge in [-0.25, -0.2) is 19.9 Å². The van der Waals surface area contributed by atoms with E-state index >= 15 is 0 Å². The van der Waals surface area contributed by atoms with Crippen molar-refractivity contribution in [3.8, 4) is 56.3 Å². The second kappa shape index (κ2) is 36.7. The highest BCUT2D eigenvalue weighted by Gasteiger charge is 2.10. The molecule has 0 fully saturated rings. The van der Waals surface area contributed by atoms with E-state index in [2.05, 4.69) is 170 Å². The maximum atomic E-state index is 4.79. The molecule has 10 heterocycles. The number of hydrogen-bond donors (Lipinski definition) is 0. The number of nitrogens with zero attached hydrogens (tertiary/aromatic N) is 20. The Morgan fingerprint density at radius 2 is 0.907 bits per heavy atom. The van der Waals surface area contributed by atoms with E-state index in [1.807, 2.05) is 145 Å². The van der Waals surface area contributed by atoms with E-state index in [1.165, 1.54) is 34.9 Å². The van der Waals surface area contributed by atoms with E-state index in [9.17, 15) is 0 Å². The second-order valence-electron chi connectivity index (χ2n) is 18.3. The van der Waals surface area contributed by atoms with E-state index in [4.69, 9.17) is 4.98 Å². The summed E-state index contributed by atoms with van der Waals surface area (Å²) in [6, 6.07) is 56.9. The summed E-state index contributed by atoms with van der Waals surface area (Å²) in [5.74, 6) is 0.711. The summed E-state index contributed by atoms with van der Waals surface area (Å²) in [5.41, 5.74) is 17.4. The molecule has 20 heteroatoms. The van der Waals surface area contributed by atoms with Gasteiger partial charge in [-0.2, -0.15) is 15.3 Å². The molecule has 428 valence electrons. The van der Waals surface area contributed by atoms with Crippen molar-refractivity contribution in [3.05, 3.63) is 290 Å². The van der Waals surface area contributed by atoms with Crippen molar-refractivity contribution in [1.82, 2.24) is 101 Å². The van der Waals surface area contributed by atoms with Gasteiger partial charge in [0.15, 0.2) is 0 Å². The van der Waals surface area contributed by atoms with Gasteiger partial charge in [-0.15, -0.1) is 35.7 Å². The Bertz CT molecular complexity index is 3520. The molecule has 0 aliphatic heterocycles. The minimum Gasteiger partial charge on any atom is -0.262 e. The number of benzene rings is 3. The first-order valence-electron chi connectivity index (χ1n) is 26.9. The zero-order valence-corrected chi connectivity index (χ0v) is 49.0. The summed E-state index contributed by atoms with van der Waals surface area (Å²) >= 11 is 0. The molecule has 0 bridgehead atoms. The van der Waals surface area contributed by atoms with Gasteiger partial charge in [0.05, 0.1) is 82.7 Å². The predicted molar refractivity (Wildman–Crippen MR) is 333 cm³/mol. The molecule has 13 rings (SSSR count). The Labute approximate surface area is 500 Å². The van der Waals surface area contributed by atoms with Crippen molar-refractivity contribution in [2.45, 2.75) is 55.4 Å². The first kappa shape index (κ1) is 63.6. The molecular weight excluding hydrogens is 1070 g/mol. The lowest BCUT2D eigenvalue weighted by atomic mass is 10.0. The largest absolute Gasteiger partial charge is 0.262 e. The Hall–Kier alpha value is -11.5. The quantitative estimate of drug-likeness (QED) is 0.155. The molecule has 0 aliphatic rings. The van der Waals surface area contributed by atoms with Gasteiger partial charge in [0.25, 0.3) is 0 Å². The zero-order valence-electron chi connectivity index (χ0n) is 49.0. The summed E-state index contributed by atoms with van der Waals surface area (Å²) in [6.45, 7) is 15.4. The van der Waals surface area contributed by atoms with Crippen LogP contribution in [0.2, 0.25) is 0 Å². The van der Waals surface area contributed by atoms with Gasteiger partial charge in [-0.1, -0.05) is 109 Å². The van der Waals surface area contributed by atoms with Crippen molar-refractivity contribution in [1.29, 1.82) is 0 Å². The third-order valence-corrected chi connectivity index (χ3v) is 11.1. The normalized spacial score (nSPS) is 9.63. The van der Waals surface area contributed by atoms with Crippen molar-refractivity contribution in [2.24, 2.45) is 0 Å². The van der Waals surface area contributed by atoms with Gasteiger partial charge in [-0.3, -0.25) is 19.9 Å². The Balaban J connectivity index is 0.000000167. The van der Waals surface area contributed by atoms with Crippen LogP contribution in [0.3, 0.4) is 0 Å². The number of pyridine rings is 5. The molecule has 0 atom stereocenters. The van der Waals surface area contributed by atoms with Crippen molar-refractivity contribution >= 4 is 0 Å². The smallest absolute Gasteiger partial charge is 0.147 e. The second-order valence-corrected chi connectivity index (χ2v) is 18.3. The molecule has 3 aromatic carbocycles. The Kier molecular flexibility index (Phi) is 27.2. The van der Waals surface area contributed by atoms with E-state index in [0.29, 0.717) is 5.82 Å². The van der Waals surface area contributed by atoms with E-state index in [-0.39, 0.29) is 0 Å². The fourth-order valence-electron chi connectivity index (χ4n) is 6.92. The SMILES string of the molecule is Cc1cc(-c2ccccc2)ccn1.Cc1ccc(-c2cc(-c3ccccn3)nc(-c3ccccn3)c2)cc1.Cc1cccc(-c2ccccc2)n1.Cc1ccnnn1.Cc1cncnn1.Cc1cnncn1.Cc1cnnnc1.Cc1nccnn1. The van der Waals surface area contributed by atoms with Crippen LogP contribution < -0.4 is 0 Å². The molecule has 0 saturated heterocycles. The summed E-state index contributed by atoms with van der Waals surface area (Å²) in [4.78, 5) is 33.6. The monoisotopic (exact) mass is 1140 g/mol. The maximum Gasteiger partial charge on any atom is 0.147 e. The topological polar surface area (TPSA) is 258 Å². The highest BCUT2D eigenvalue weighted by atomic mass is 15.3. The van der Waals surface area contributed by atoms with Crippen LogP contribution >= 0.6 is 0 Å². The molecule has 0 unspecified atom stereocenters. The van der Waals surface area contributed by atoms with Crippen LogP contribution in [0.5, 0.6) is 0 Å². The van der Waals surface area contributed by atoms with Crippen LogP contribution in [0.15, 0.2) is 244 Å². The van der Waals surface area contributed by atoms with Crippen molar-refractivity contribution in [3.63, 3.8) is 0 Å². The third-order valence-electron chi connectivity index (χ3n) is 11.1. The molecule has 0 saturated carbocycles. The maximum absolute atomic E-state index is 4.79. The highest BCUT2D eigenvalue weighted by Crippen LogP contribution is 2.29. The van der Waals surface area contributed by atoms with Crippen LogP contribution in [-0.4, -0.2) is 101 Å². The summed E-state index contributed by atoms with van der Waals surface area (Å²) in [5, 5.41) is 42.3. The fraction of sp³-hybridized carbons (Fsp3) is 0.121. The summed E-state index contributed by atoms with van der Waals surface area (Å²) in [7, 11) is 0. The minimum atomic E-state index is 0.711. The van der Waals surface area contributed by atoms with Crippen LogP contribution in [0.1, 0.15) is 45.4 Å². The van der Waals surface area contributed by atoms with E-state index in [1.54, 1.807) is 68.8 Å². The number of aryl methyl sites for hydroxylation is 8. The average Bonchev–Trinajstić information content (AvgIpc) is 3.68. The molecule has 13 aromatic rings. The van der Waals surface area contributed by atoms with Gasteiger partial charge in [0.1, 0.15) is 18.5 Å². The van der Waals surface area contributed by atoms with E-state index in [0.717, 1.165) is 73.6 Å². The minimum absolute atomic E-state index is 0.711. The fourth-order valence-corrected chi connectivity index (χ4v) is 6.92. The number of aromatic nitrogens is 20. The average molecular weight is 1140 g/mol. The first-order valence-corrected chi connectivity index (χ1v) is 26.9. The Morgan fingerprint density at radius 3 is 1.35 bits per heavy atom. The molecule has 0 spiro atoms. The van der Waals surface area contributed by atoms with Gasteiger partial charge in [0, 0.05) is 41.7 Å². The van der Waals surface area contributed by atoms with Crippen LogP contribution in [0.4, 0.5) is 0 Å². The van der Waals surface area contributed by atoms with Crippen molar-refractivity contribution < 1.29 is 0 Å². The van der Waals surface area contributed by atoms with Gasteiger partial charge in [0.2, 0.25) is 0 Å². The number of hydrogen-bond acceptors (Lipinski definition) is 20. The van der Waals surface area contributed by atoms with Gasteiger partial charge in [-0.05, 0) is 160 Å². The van der Waals surface area contributed by atoms with Gasteiger partial charge >= 0.3 is 0 Å². The van der Waals surface area contributed by atoms with E-state index < -0.39 is 0 Å². The van der Waals surface area contributed by atoms with Crippen LogP contribution in [0, 0.1) is 55.4 Å². The molecule has 10 aromatic heterocycles. The lowest BCUT2D eigenvalue weighted by Gasteiger charge is -2.09. The number of rotatable bonds is 5. The molecule has 20 nitrogen and oxygen atoms in total. The zero-order chi connectivity index (χ0) is 60.8. The van der Waals surface area contributed by atoms with Gasteiger partial charge < -0.3 is 0 Å². The standard InChI is InChI=1S/C22H17N3.2C12H11N.5C4H5N3/c1-16-8-10-17(11-9-16)18-14-21(19-6-2-4-12-23-19)25-22(15-18)20-7-3-5-13-24-20;1-10-6-5-9-12(13-10)11-7-3-2-4-8-11;1-10-9-12(7-8-13-10)11-5-3-2-4-6-11;1-4-2-6-7-3-5-4;1-4-2-5-3-6-7-4;1-4-2-5-7-6-3-4;1-4-5-2-3-6-7-4;1-4-2-3-5-7-6-4/h2-15H,1H3;2*2-9H,1H3;5*2-3H,1H3. The lowest BCUT2D eigenvalue weighted by Crippen LogP contribution is -1.93. The molecule has 0 aliphatic carbocycles. The van der Waals surface area contributed by atoms with Crippen molar-refractivity contribution in [2.75, 3.05) is 0 Å². The summed E-state index contributed by atoms with van der Waals surface area (Å²) < 4.78 is 0. The highest BCUT2D eigenvalue weighted by molar-refractivity contribution is 5.75. The summed E-state index contributed by atoms with van der Waals surface area (Å²) in [6.07, 6.45) is 19.6. The van der Waals surface area contributed by atoms with Crippen LogP contribution in [0.25, 0.3) is 56.3 Å². The molecule has 86 heavy (non-hydrogen) atoms. The lowest BCUT2D eigenvalue weighted by molar-refractivity contribution is 0.839. The molecule has 0 amide bonds. The first-order chi connectivity index (χ1) is 42.0. The van der Waals surface area contributed by atoms with Crippen LogP contribution in [-0.2, 0) is 0 Å². The molecular formula is C66H64N20. The predicted octanol–water partition coefficient (Wildman–Crippen LogP) is 12.2. The Morgan fingerprint density at radius 1 is 0.256 bits per heavy atom. The molecule has 0 N–H and O–H groups in total. The molecule has 0 radical (unpaired) electrons. The third kappa shape index (κ3) is 24.7.